The van der Waals surface area contributed by atoms with Gasteiger partial charge >= 0.3 is 7.05 Å². The lowest BCUT2D eigenvalue weighted by molar-refractivity contribution is -0.384. The molecule has 6 nitrogen and oxygen atoms in total. The van der Waals surface area contributed by atoms with E-state index in [9.17, 15) is 20.2 Å². The second-order valence-corrected chi connectivity index (χ2v) is 4.23. The molecule has 0 saturated heterocycles. The maximum Gasteiger partial charge on any atom is 0.374 e. The van der Waals surface area contributed by atoms with Crippen molar-refractivity contribution in [2.24, 2.45) is 0 Å². The van der Waals surface area contributed by atoms with E-state index in [-0.39, 0.29) is 5.69 Å². The van der Waals surface area contributed by atoms with E-state index in [1.165, 1.54) is 12.1 Å². The third-order valence-corrected chi connectivity index (χ3v) is 2.91. The van der Waals surface area contributed by atoms with Gasteiger partial charge < -0.3 is 15.4 Å². The van der Waals surface area contributed by atoms with Crippen LogP contribution >= 0.6 is 0 Å². The first-order chi connectivity index (χ1) is 7.99. The Morgan fingerprint density at radius 1 is 1.59 bits per heavy atom. The minimum atomic E-state index is -0.778. The lowest BCUT2D eigenvalue weighted by Gasteiger charge is -2.18. The summed E-state index contributed by atoms with van der Waals surface area (Å²) in [4.78, 5) is 10.2. The Balaban J connectivity index is 2.35. The number of non-ortho nitro benzene ring substituents is 1. The van der Waals surface area contributed by atoms with Crippen molar-refractivity contribution in [1.29, 1.82) is 0 Å². The molecule has 2 unspecified atom stereocenters. The van der Waals surface area contributed by atoms with E-state index < -0.39 is 24.1 Å². The number of hydrogen-bond acceptors (Lipinski definition) is 5. The summed E-state index contributed by atoms with van der Waals surface area (Å²) in [5.74, 6) is 0. The minimum absolute atomic E-state index is 0.00440. The third kappa shape index (κ3) is 2.31. The van der Waals surface area contributed by atoms with E-state index in [0.717, 1.165) is 5.56 Å². The van der Waals surface area contributed by atoms with Gasteiger partial charge in [0.15, 0.2) is 0 Å². The predicted molar refractivity (Wildman–Crippen MR) is 62.5 cm³/mol. The van der Waals surface area contributed by atoms with Crippen molar-refractivity contribution in [3.8, 4) is 0 Å². The van der Waals surface area contributed by atoms with Crippen LogP contribution in [0.3, 0.4) is 0 Å². The van der Waals surface area contributed by atoms with Crippen molar-refractivity contribution in [3.05, 3.63) is 39.4 Å². The number of aliphatic hydroxyl groups is 1. The van der Waals surface area contributed by atoms with Gasteiger partial charge in [0.2, 0.25) is 0 Å². The van der Waals surface area contributed by atoms with Crippen LogP contribution in [0.5, 0.6) is 0 Å². The monoisotopic (exact) mass is 236 g/mol. The average Bonchev–Trinajstić information content (AvgIpc) is 2.54. The Morgan fingerprint density at radius 2 is 2.29 bits per heavy atom. The van der Waals surface area contributed by atoms with E-state index in [1.54, 1.807) is 12.9 Å². The zero-order valence-corrected chi connectivity index (χ0v) is 9.33. The molecule has 90 valence electrons. The van der Waals surface area contributed by atoms with E-state index in [4.69, 9.17) is 0 Å². The van der Waals surface area contributed by atoms with Gasteiger partial charge in [-0.15, -0.1) is 0 Å². The molecule has 0 amide bonds. The van der Waals surface area contributed by atoms with Gasteiger partial charge in [0.1, 0.15) is 0 Å². The normalized spacial score (nSPS) is 22.3. The molecule has 0 spiro atoms. The molecule has 0 radical (unpaired) electrons. The second kappa shape index (κ2) is 4.44. The topological polar surface area (TPSA) is 95.6 Å². The summed E-state index contributed by atoms with van der Waals surface area (Å²) in [7, 11) is -0.778. The van der Waals surface area contributed by atoms with Crippen LogP contribution < -0.4 is 5.23 Å². The van der Waals surface area contributed by atoms with Crippen LogP contribution in [0, 0.1) is 10.1 Å². The molecule has 1 aromatic carbocycles. The highest BCUT2D eigenvalue weighted by Crippen LogP contribution is 2.33. The van der Waals surface area contributed by atoms with Gasteiger partial charge in [0.05, 0.1) is 17.1 Å². The maximum atomic E-state index is 10.7. The fraction of sp³-hybridized carbons (Fsp3) is 0.400. The molecular formula is C10H13BN2O4. The number of rotatable bonds is 3. The first kappa shape index (κ1) is 12.0. The summed E-state index contributed by atoms with van der Waals surface area (Å²) in [5, 5.41) is 32.6. The number of nitrogens with zero attached hydrogens (tertiary/aromatic N) is 1. The number of aliphatic hydroxyl groups excluding tert-OH is 1. The van der Waals surface area contributed by atoms with Crippen molar-refractivity contribution in [2.75, 3.05) is 0 Å². The summed E-state index contributed by atoms with van der Waals surface area (Å²) >= 11 is 0. The minimum Gasteiger partial charge on any atom is -0.437 e. The quantitative estimate of drug-likeness (QED) is 0.397. The Hall–Kier alpha value is -1.44. The standard InChI is InChI=1S/C10H13BN2O4/c1-11(15)12-10-8-5-7(13(16)17)3-2-6(8)4-9(10)14/h2-3,5,9-10,12,14-15H,4H2,1H3. The fourth-order valence-electron chi connectivity index (χ4n) is 2.18. The molecule has 0 bridgehead atoms. The lowest BCUT2D eigenvalue weighted by atomic mass is 9.86. The highest BCUT2D eigenvalue weighted by Gasteiger charge is 2.33. The average molecular weight is 236 g/mol. The first-order valence-corrected chi connectivity index (χ1v) is 5.38. The van der Waals surface area contributed by atoms with Crippen LogP contribution in [-0.2, 0) is 6.42 Å². The number of nitro groups is 1. The molecule has 1 aliphatic rings. The second-order valence-electron chi connectivity index (χ2n) is 4.23. The zero-order chi connectivity index (χ0) is 12.6. The van der Waals surface area contributed by atoms with Gasteiger partial charge in [0.25, 0.3) is 5.69 Å². The van der Waals surface area contributed by atoms with Gasteiger partial charge in [-0.3, -0.25) is 10.1 Å². The largest absolute Gasteiger partial charge is 0.437 e. The molecule has 2 rings (SSSR count). The Kier molecular flexibility index (Phi) is 3.14. The number of nitro benzene ring substituents is 1. The van der Waals surface area contributed by atoms with Crippen molar-refractivity contribution in [1.82, 2.24) is 5.23 Å². The van der Waals surface area contributed by atoms with Crippen molar-refractivity contribution >= 4 is 12.7 Å². The molecule has 3 N–H and O–H groups in total. The van der Waals surface area contributed by atoms with Crippen LogP contribution in [0.4, 0.5) is 5.69 Å². The fourth-order valence-corrected chi connectivity index (χ4v) is 2.18. The van der Waals surface area contributed by atoms with Crippen LogP contribution in [-0.4, -0.2) is 28.2 Å². The lowest BCUT2D eigenvalue weighted by Crippen LogP contribution is -2.38. The van der Waals surface area contributed by atoms with E-state index >= 15 is 0 Å². The number of fused-ring (bicyclic) bond motifs is 1. The van der Waals surface area contributed by atoms with Crippen molar-refractivity contribution in [3.63, 3.8) is 0 Å². The van der Waals surface area contributed by atoms with Gasteiger partial charge in [0, 0.05) is 18.6 Å². The number of benzene rings is 1. The molecule has 0 aromatic heterocycles. The van der Waals surface area contributed by atoms with Crippen LogP contribution in [0.2, 0.25) is 6.82 Å². The van der Waals surface area contributed by atoms with E-state index in [2.05, 4.69) is 5.23 Å². The van der Waals surface area contributed by atoms with Crippen LogP contribution in [0.15, 0.2) is 18.2 Å². The van der Waals surface area contributed by atoms with Crippen LogP contribution in [0.1, 0.15) is 17.2 Å². The van der Waals surface area contributed by atoms with Gasteiger partial charge in [-0.25, -0.2) is 0 Å². The maximum absolute atomic E-state index is 10.7. The predicted octanol–water partition coefficient (Wildman–Crippen LogP) is 0.253. The van der Waals surface area contributed by atoms with Crippen LogP contribution in [0.25, 0.3) is 0 Å². The molecule has 0 aliphatic heterocycles. The summed E-state index contributed by atoms with van der Waals surface area (Å²) in [6, 6.07) is 4.08. The molecule has 7 heteroatoms. The highest BCUT2D eigenvalue weighted by molar-refractivity contribution is 6.45. The molecular weight excluding hydrogens is 223 g/mol. The molecule has 0 fully saturated rings. The Morgan fingerprint density at radius 3 is 2.88 bits per heavy atom. The molecule has 17 heavy (non-hydrogen) atoms. The third-order valence-electron chi connectivity index (χ3n) is 2.91. The zero-order valence-electron chi connectivity index (χ0n) is 9.33. The van der Waals surface area contributed by atoms with Gasteiger partial charge in [-0.05, 0) is 17.9 Å². The van der Waals surface area contributed by atoms with Gasteiger partial charge in [-0.2, -0.15) is 0 Å². The van der Waals surface area contributed by atoms with E-state index in [1.807, 2.05) is 0 Å². The molecule has 1 aliphatic carbocycles. The Bertz CT molecular complexity index is 452. The first-order valence-electron chi connectivity index (χ1n) is 5.38. The molecule has 0 saturated carbocycles. The Labute approximate surface area is 98.6 Å². The number of nitrogens with one attached hydrogen (secondary N) is 1. The highest BCUT2D eigenvalue weighted by atomic mass is 16.6. The van der Waals surface area contributed by atoms with Crippen molar-refractivity contribution in [2.45, 2.75) is 25.4 Å². The van der Waals surface area contributed by atoms with Crippen molar-refractivity contribution < 1.29 is 15.1 Å². The molecule has 2 atom stereocenters. The summed E-state index contributed by atoms with van der Waals surface area (Å²) in [6.07, 6.45) is -0.223. The smallest absolute Gasteiger partial charge is 0.374 e. The SMILES string of the molecule is CB(O)NC1c2cc([N+](=O)[O-])ccc2CC1O. The summed E-state index contributed by atoms with van der Waals surface area (Å²) < 4.78 is 0. The molecule has 1 aromatic rings. The summed E-state index contributed by atoms with van der Waals surface area (Å²) in [6.45, 7) is 1.54. The molecule has 0 heterocycles. The summed E-state index contributed by atoms with van der Waals surface area (Å²) in [5.41, 5.74) is 1.56. The van der Waals surface area contributed by atoms with E-state index in [0.29, 0.717) is 12.0 Å². The van der Waals surface area contributed by atoms with Gasteiger partial charge in [-0.1, -0.05) is 6.07 Å². The number of hydrogen-bond donors (Lipinski definition) is 3.